The Balaban J connectivity index is 1.11. The zero-order valence-corrected chi connectivity index (χ0v) is 24.7. The second-order valence-corrected chi connectivity index (χ2v) is 14.1. The summed E-state index contributed by atoms with van der Waals surface area (Å²) in [6.45, 7) is 2.31. The first-order valence-corrected chi connectivity index (χ1v) is 15.8. The summed E-state index contributed by atoms with van der Waals surface area (Å²) in [6, 6.07) is 4.76. The van der Waals surface area contributed by atoms with E-state index in [1.54, 1.807) is 18.2 Å². The largest absolute Gasteiger partial charge is 0.506 e. The lowest BCUT2D eigenvalue weighted by molar-refractivity contribution is -0.140. The zero-order valence-electron chi connectivity index (χ0n) is 24.7. The summed E-state index contributed by atoms with van der Waals surface area (Å²) in [4.78, 5) is 31.7. The average Bonchev–Trinajstić information content (AvgIpc) is 2.92. The molecular formula is C30H45N11O2. The van der Waals surface area contributed by atoms with Crippen molar-refractivity contribution < 1.29 is 9.90 Å². The molecule has 4 atom stereocenters. The molecule has 2 saturated heterocycles. The number of piperidine rings is 2. The lowest BCUT2D eigenvalue weighted by Gasteiger charge is -2.55. The maximum atomic E-state index is 13.6. The summed E-state index contributed by atoms with van der Waals surface area (Å²) < 4.78 is 0. The number of nitrogens with two attached hydrogens (primary N) is 4. The smallest absolute Gasteiger partial charge is 0.233 e. The molecule has 1 amide bonds. The van der Waals surface area contributed by atoms with Gasteiger partial charge in [-0.25, -0.2) is 0 Å². The van der Waals surface area contributed by atoms with Gasteiger partial charge in [-0.1, -0.05) is 0 Å². The van der Waals surface area contributed by atoms with Gasteiger partial charge in [0.2, 0.25) is 23.8 Å². The van der Waals surface area contributed by atoms with Crippen LogP contribution in [0.25, 0.3) is 0 Å². The fourth-order valence-electron chi connectivity index (χ4n) is 8.86. The quantitative estimate of drug-likeness (QED) is 0.236. The van der Waals surface area contributed by atoms with Gasteiger partial charge in [0.25, 0.3) is 0 Å². The first-order chi connectivity index (χ1) is 20.6. The molecule has 8 rings (SSSR count). The normalized spacial score (nSPS) is 35.2. The summed E-state index contributed by atoms with van der Waals surface area (Å²) in [5, 5.41) is 17.2. The molecule has 11 N–H and O–H groups in total. The van der Waals surface area contributed by atoms with Gasteiger partial charge < -0.3 is 48.5 Å². The number of phenolic OH excluding ortho intramolecular Hbond substituents is 1. The molecule has 4 aliphatic carbocycles. The van der Waals surface area contributed by atoms with Gasteiger partial charge in [0.15, 0.2) is 0 Å². The number of carbonyl (C=O) groups is 1. The molecule has 0 spiro atoms. The number of nitrogens with one attached hydrogen (secondary N) is 2. The highest BCUT2D eigenvalue weighted by atomic mass is 16.3. The molecule has 2 aromatic rings. The molecule has 232 valence electrons. The number of rotatable bonds is 6. The first kappa shape index (κ1) is 28.5. The zero-order chi connectivity index (χ0) is 29.9. The number of anilines is 5. The fourth-order valence-corrected chi connectivity index (χ4v) is 8.86. The Morgan fingerprint density at radius 1 is 0.767 bits per heavy atom. The molecule has 6 aliphatic rings. The fraction of sp³-hybridized carbons (Fsp3) is 0.667. The minimum Gasteiger partial charge on any atom is -0.506 e. The molecule has 1 aromatic carbocycles. The predicted octanol–water partition coefficient (Wildman–Crippen LogP) is 1.21. The van der Waals surface area contributed by atoms with Crippen LogP contribution in [0.1, 0.15) is 51.4 Å². The van der Waals surface area contributed by atoms with E-state index in [0.717, 1.165) is 32.1 Å². The predicted molar refractivity (Wildman–Crippen MR) is 166 cm³/mol. The van der Waals surface area contributed by atoms with Gasteiger partial charge in [0.1, 0.15) is 5.75 Å². The van der Waals surface area contributed by atoms with E-state index in [1.165, 1.54) is 19.3 Å². The van der Waals surface area contributed by atoms with Crippen LogP contribution in [-0.4, -0.2) is 76.3 Å². The van der Waals surface area contributed by atoms with Crippen molar-refractivity contribution in [2.45, 2.75) is 75.5 Å². The lowest BCUT2D eigenvalue weighted by atomic mass is 9.49. The summed E-state index contributed by atoms with van der Waals surface area (Å²) in [6.07, 6.45) is 8.19. The van der Waals surface area contributed by atoms with Crippen LogP contribution in [0.3, 0.4) is 0 Å². The van der Waals surface area contributed by atoms with Gasteiger partial charge in [-0.3, -0.25) is 4.79 Å². The summed E-state index contributed by atoms with van der Waals surface area (Å²) in [5.74, 6) is 3.28. The van der Waals surface area contributed by atoms with E-state index < -0.39 is 0 Å². The number of aromatic nitrogens is 3. The van der Waals surface area contributed by atoms with Gasteiger partial charge in [-0.15, -0.1) is 0 Å². The monoisotopic (exact) mass is 591 g/mol. The van der Waals surface area contributed by atoms with E-state index in [-0.39, 0.29) is 41.2 Å². The number of nitrogens with zero attached hydrogens (tertiary/aromatic N) is 5. The van der Waals surface area contributed by atoms with Crippen LogP contribution >= 0.6 is 0 Å². The minimum atomic E-state index is -0.297. The van der Waals surface area contributed by atoms with E-state index in [1.807, 2.05) is 9.80 Å². The molecule has 0 radical (unpaired) electrons. The van der Waals surface area contributed by atoms with Crippen molar-refractivity contribution in [2.24, 2.45) is 46.1 Å². The highest BCUT2D eigenvalue weighted by Gasteiger charge is 2.54. The van der Waals surface area contributed by atoms with Crippen molar-refractivity contribution in [3.8, 4) is 5.75 Å². The van der Waals surface area contributed by atoms with Crippen molar-refractivity contribution in [2.75, 3.05) is 46.6 Å². The van der Waals surface area contributed by atoms with Crippen LogP contribution in [0.4, 0.5) is 29.2 Å². The molecule has 4 saturated carbocycles. The van der Waals surface area contributed by atoms with Crippen LogP contribution in [0.15, 0.2) is 18.2 Å². The minimum absolute atomic E-state index is 0.0152. The number of carbonyl (C=O) groups excluding carboxylic acids is 1. The Bertz CT molecular complexity index is 1270. The van der Waals surface area contributed by atoms with E-state index in [4.69, 9.17) is 37.9 Å². The van der Waals surface area contributed by atoms with Gasteiger partial charge >= 0.3 is 0 Å². The highest BCUT2D eigenvalue weighted by Crippen LogP contribution is 2.60. The van der Waals surface area contributed by atoms with Crippen molar-refractivity contribution >= 4 is 35.1 Å². The van der Waals surface area contributed by atoms with E-state index >= 15 is 0 Å². The van der Waals surface area contributed by atoms with Gasteiger partial charge in [0.05, 0.1) is 11.1 Å². The van der Waals surface area contributed by atoms with Crippen LogP contribution in [-0.2, 0) is 4.79 Å². The Morgan fingerprint density at radius 3 is 1.72 bits per heavy atom. The lowest BCUT2D eigenvalue weighted by Crippen LogP contribution is -2.54. The topological polar surface area (TPSA) is 211 Å². The third-order valence-electron chi connectivity index (χ3n) is 10.2. The third kappa shape index (κ3) is 5.83. The van der Waals surface area contributed by atoms with Crippen molar-refractivity contribution in [3.05, 3.63) is 18.2 Å². The molecule has 0 unspecified atom stereocenters. The van der Waals surface area contributed by atoms with E-state index in [9.17, 15) is 9.90 Å². The molecule has 3 heterocycles. The maximum Gasteiger partial charge on any atom is 0.233 e. The number of benzene rings is 1. The van der Waals surface area contributed by atoms with Crippen LogP contribution in [0.2, 0.25) is 0 Å². The molecule has 2 aliphatic heterocycles. The highest BCUT2D eigenvalue weighted by molar-refractivity contribution is 5.97. The van der Waals surface area contributed by atoms with Crippen LogP contribution in [0.5, 0.6) is 5.75 Å². The Kier molecular flexibility index (Phi) is 7.31. The van der Waals surface area contributed by atoms with Crippen molar-refractivity contribution in [1.82, 2.24) is 15.0 Å². The summed E-state index contributed by atoms with van der Waals surface area (Å²) in [7, 11) is 0. The molecule has 4 bridgehead atoms. The van der Waals surface area contributed by atoms with Crippen LogP contribution in [0, 0.1) is 23.2 Å². The van der Waals surface area contributed by atoms with Crippen LogP contribution < -0.4 is 43.4 Å². The molecule has 13 heteroatoms. The standard InChI is InChI=1S/C30H45N11O2/c31-19-6-20(32)13-40(12-19)28-37-27(38-29(39-28)41-14-21(33)7-22(34)15-41)35-23-1-2-24(25(42)8-23)36-26(43)30-9-16-3-17(10-30)5-18(4-16)11-30/h1-2,8,16-22,42H,3-7,9-15,31-34H2,(H,36,43)(H,35,37,38,39)/t16?,17?,18?,19-,20+,21-,22+,30?. The Labute approximate surface area is 252 Å². The Morgan fingerprint density at radius 2 is 1.26 bits per heavy atom. The first-order valence-electron chi connectivity index (χ1n) is 15.8. The number of hydrogen-bond donors (Lipinski definition) is 7. The molecular weight excluding hydrogens is 546 g/mol. The molecule has 43 heavy (non-hydrogen) atoms. The van der Waals surface area contributed by atoms with E-state index in [2.05, 4.69) is 10.6 Å². The second kappa shape index (κ2) is 11.0. The molecule has 13 nitrogen and oxygen atoms in total. The van der Waals surface area contributed by atoms with Gasteiger partial charge in [-0.2, -0.15) is 15.0 Å². The van der Waals surface area contributed by atoms with Crippen molar-refractivity contribution in [1.29, 1.82) is 0 Å². The number of amides is 1. The third-order valence-corrected chi connectivity index (χ3v) is 10.2. The van der Waals surface area contributed by atoms with E-state index in [0.29, 0.717) is 73.2 Å². The second-order valence-electron chi connectivity index (χ2n) is 14.1. The van der Waals surface area contributed by atoms with Crippen molar-refractivity contribution in [3.63, 3.8) is 0 Å². The molecule has 1 aromatic heterocycles. The Hall–Kier alpha value is -3.26. The summed E-state index contributed by atoms with van der Waals surface area (Å²) >= 11 is 0. The SMILES string of the molecule is N[C@@H]1C[C@H](N)CN(c2nc(Nc3ccc(NC(=O)C45CC6CC(CC(C6)C4)C5)c(O)c3)nc(N3C[C@H](N)C[C@H](N)C3)n2)C1. The number of hydrogen-bond acceptors (Lipinski definition) is 12. The number of aromatic hydroxyl groups is 1. The maximum absolute atomic E-state index is 13.6. The van der Waals surface area contributed by atoms with Gasteiger partial charge in [-0.05, 0) is 81.3 Å². The summed E-state index contributed by atoms with van der Waals surface area (Å²) in [5.41, 5.74) is 25.8. The number of phenols is 1. The average molecular weight is 592 g/mol. The van der Waals surface area contributed by atoms with Gasteiger partial charge in [0, 0.05) is 62.1 Å². The molecule has 6 fully saturated rings.